The Kier molecular flexibility index (Phi) is 1.95. The first-order valence-corrected chi connectivity index (χ1v) is 3.55. The Labute approximate surface area is 61.8 Å². The summed E-state index contributed by atoms with van der Waals surface area (Å²) in [7, 11) is 0. The normalized spacial score (nSPS) is 10.3. The molecule has 0 unspecified atom stereocenters. The van der Waals surface area contributed by atoms with Gasteiger partial charge in [-0.2, -0.15) is 0 Å². The molecule has 1 nitrogen and oxygen atoms in total. The van der Waals surface area contributed by atoms with Crippen molar-refractivity contribution in [2.75, 3.05) is 0 Å². The van der Waals surface area contributed by atoms with E-state index in [1.165, 1.54) is 5.69 Å². The average molecular weight is 135 g/mol. The van der Waals surface area contributed by atoms with Gasteiger partial charge in [0.05, 0.1) is 0 Å². The minimum atomic E-state index is 0.577. The molecule has 0 amide bonds. The largest absolute Gasteiger partial charge is 0.359 e. The van der Waals surface area contributed by atoms with E-state index in [2.05, 4.69) is 31.5 Å². The highest BCUT2D eigenvalue weighted by Gasteiger charge is 1.98. The summed E-state index contributed by atoms with van der Waals surface area (Å²) in [6.45, 7) is 8.00. The van der Waals surface area contributed by atoms with E-state index in [9.17, 15) is 0 Å². The molecule has 1 N–H and O–H groups in total. The predicted octanol–water partition coefficient (Wildman–Crippen LogP) is 2.78. The number of hydrogen-bond donors (Lipinski definition) is 1. The van der Waals surface area contributed by atoms with Gasteiger partial charge < -0.3 is 4.98 Å². The summed E-state index contributed by atoms with van der Waals surface area (Å²) in [6, 6.07) is 4.14. The van der Waals surface area contributed by atoms with Gasteiger partial charge in [0.25, 0.3) is 0 Å². The monoisotopic (exact) mass is 135 g/mol. The van der Waals surface area contributed by atoms with Gasteiger partial charge >= 0.3 is 0 Å². The summed E-state index contributed by atoms with van der Waals surface area (Å²) in [5.74, 6) is 0.577. The van der Waals surface area contributed by atoms with Crippen LogP contribution >= 0.6 is 0 Å². The number of hydrogen-bond acceptors (Lipinski definition) is 0. The number of aromatic amines is 1. The summed E-state index contributed by atoms with van der Waals surface area (Å²) in [4.78, 5) is 3.24. The second-order valence-corrected chi connectivity index (χ2v) is 2.73. The van der Waals surface area contributed by atoms with Crippen molar-refractivity contribution in [3.63, 3.8) is 0 Å². The van der Waals surface area contributed by atoms with Crippen molar-refractivity contribution in [2.24, 2.45) is 0 Å². The fraction of sp³-hybridized carbons (Fsp3) is 0.333. The number of aromatic nitrogens is 1. The molecule has 0 saturated heterocycles. The highest BCUT2D eigenvalue weighted by Crippen LogP contribution is 2.13. The van der Waals surface area contributed by atoms with Gasteiger partial charge in [-0.15, -0.1) is 0 Å². The number of nitrogens with one attached hydrogen (secondary N) is 1. The zero-order valence-corrected chi connectivity index (χ0v) is 6.52. The van der Waals surface area contributed by atoms with Crippen LogP contribution in [-0.4, -0.2) is 4.98 Å². The van der Waals surface area contributed by atoms with Crippen molar-refractivity contribution in [3.05, 3.63) is 30.1 Å². The zero-order chi connectivity index (χ0) is 7.56. The first-order chi connectivity index (χ1) is 4.74. The molecule has 54 valence electrons. The summed E-state index contributed by atoms with van der Waals surface area (Å²) < 4.78 is 0. The second kappa shape index (κ2) is 2.74. The van der Waals surface area contributed by atoms with E-state index in [0.29, 0.717) is 5.92 Å². The van der Waals surface area contributed by atoms with E-state index >= 15 is 0 Å². The van der Waals surface area contributed by atoms with Crippen LogP contribution in [0.3, 0.4) is 0 Å². The Morgan fingerprint density at radius 2 is 2.20 bits per heavy atom. The van der Waals surface area contributed by atoms with Crippen molar-refractivity contribution >= 4 is 6.08 Å². The maximum absolute atomic E-state index is 3.67. The minimum Gasteiger partial charge on any atom is -0.359 e. The molecular weight excluding hydrogens is 122 g/mol. The smallest absolute Gasteiger partial charge is 0.0376 e. The fourth-order valence-corrected chi connectivity index (χ4v) is 0.885. The van der Waals surface area contributed by atoms with Crippen LogP contribution in [0.25, 0.3) is 6.08 Å². The third-order valence-corrected chi connectivity index (χ3v) is 1.57. The van der Waals surface area contributed by atoms with Crippen molar-refractivity contribution in [2.45, 2.75) is 19.8 Å². The van der Waals surface area contributed by atoms with E-state index in [0.717, 1.165) is 5.69 Å². The lowest BCUT2D eigenvalue weighted by Crippen LogP contribution is -1.85. The summed E-state index contributed by atoms with van der Waals surface area (Å²) in [5.41, 5.74) is 2.37. The molecular formula is C9H13N. The van der Waals surface area contributed by atoms with Crippen LogP contribution in [0.15, 0.2) is 18.7 Å². The van der Waals surface area contributed by atoms with E-state index < -0.39 is 0 Å². The lowest BCUT2D eigenvalue weighted by molar-refractivity contribution is 0.832. The van der Waals surface area contributed by atoms with Gasteiger partial charge in [0.2, 0.25) is 0 Å². The Morgan fingerprint density at radius 1 is 1.50 bits per heavy atom. The van der Waals surface area contributed by atoms with Gasteiger partial charge in [-0.05, 0) is 24.1 Å². The van der Waals surface area contributed by atoms with Crippen LogP contribution in [0.2, 0.25) is 0 Å². The molecule has 1 heteroatoms. The van der Waals surface area contributed by atoms with Crippen molar-refractivity contribution in [3.8, 4) is 0 Å². The first-order valence-electron chi connectivity index (χ1n) is 3.55. The fourth-order valence-electron chi connectivity index (χ4n) is 0.885. The number of H-pyrrole nitrogens is 1. The topological polar surface area (TPSA) is 15.8 Å². The summed E-state index contributed by atoms with van der Waals surface area (Å²) >= 11 is 0. The van der Waals surface area contributed by atoms with Gasteiger partial charge in [-0.3, -0.25) is 0 Å². The first kappa shape index (κ1) is 7.13. The Morgan fingerprint density at radius 3 is 2.50 bits per heavy atom. The minimum absolute atomic E-state index is 0.577. The van der Waals surface area contributed by atoms with Gasteiger partial charge in [0.1, 0.15) is 0 Å². The van der Waals surface area contributed by atoms with E-state index in [4.69, 9.17) is 0 Å². The molecule has 0 spiro atoms. The molecule has 0 radical (unpaired) electrons. The third kappa shape index (κ3) is 1.29. The van der Waals surface area contributed by atoms with Gasteiger partial charge in [-0.1, -0.05) is 20.4 Å². The van der Waals surface area contributed by atoms with Gasteiger partial charge in [0.15, 0.2) is 0 Å². The molecule has 0 bridgehead atoms. The second-order valence-electron chi connectivity index (χ2n) is 2.73. The van der Waals surface area contributed by atoms with E-state index in [1.54, 1.807) is 0 Å². The third-order valence-electron chi connectivity index (χ3n) is 1.57. The van der Waals surface area contributed by atoms with Gasteiger partial charge in [-0.25, -0.2) is 0 Å². The molecule has 0 atom stereocenters. The van der Waals surface area contributed by atoms with Crippen LogP contribution in [-0.2, 0) is 0 Å². The molecule has 1 aromatic rings. The van der Waals surface area contributed by atoms with Crippen LogP contribution in [0.1, 0.15) is 31.2 Å². The Bertz CT molecular complexity index is 220. The molecule has 1 rings (SSSR count). The molecule has 10 heavy (non-hydrogen) atoms. The summed E-state index contributed by atoms with van der Waals surface area (Å²) in [5, 5.41) is 0. The molecule has 0 aliphatic rings. The predicted molar refractivity (Wildman–Crippen MR) is 45.0 cm³/mol. The molecule has 0 aliphatic carbocycles. The molecule has 0 aromatic carbocycles. The molecule has 0 aliphatic heterocycles. The molecule has 1 heterocycles. The lowest BCUT2D eigenvalue weighted by atomic mass is 10.1. The van der Waals surface area contributed by atoms with Crippen LogP contribution in [0.4, 0.5) is 0 Å². The maximum atomic E-state index is 3.67. The molecule has 1 aromatic heterocycles. The standard InChI is InChI=1S/C9H13N/c1-4-8-5-6-9(10-8)7(2)3/h4-7,10H,1H2,2-3H3. The van der Waals surface area contributed by atoms with Crippen LogP contribution in [0.5, 0.6) is 0 Å². The zero-order valence-electron chi connectivity index (χ0n) is 6.52. The quantitative estimate of drug-likeness (QED) is 0.641. The Hall–Kier alpha value is -0.980. The highest BCUT2D eigenvalue weighted by molar-refractivity contribution is 5.42. The van der Waals surface area contributed by atoms with Crippen molar-refractivity contribution in [1.82, 2.24) is 4.98 Å². The van der Waals surface area contributed by atoms with Crippen molar-refractivity contribution in [1.29, 1.82) is 0 Å². The van der Waals surface area contributed by atoms with Crippen LogP contribution in [0, 0.1) is 0 Å². The van der Waals surface area contributed by atoms with E-state index in [1.807, 2.05) is 12.1 Å². The SMILES string of the molecule is C=Cc1ccc(C(C)C)[nH]1. The Balaban J connectivity index is 2.88. The average Bonchev–Trinajstić information content (AvgIpc) is 2.34. The molecule has 0 fully saturated rings. The van der Waals surface area contributed by atoms with E-state index in [-0.39, 0.29) is 0 Å². The van der Waals surface area contributed by atoms with Crippen LogP contribution < -0.4 is 0 Å². The summed E-state index contributed by atoms with van der Waals surface area (Å²) in [6.07, 6.45) is 1.83. The number of rotatable bonds is 2. The molecule has 0 saturated carbocycles. The van der Waals surface area contributed by atoms with Crippen molar-refractivity contribution < 1.29 is 0 Å². The maximum Gasteiger partial charge on any atom is 0.0376 e. The van der Waals surface area contributed by atoms with Gasteiger partial charge in [0, 0.05) is 11.4 Å². The highest BCUT2D eigenvalue weighted by atomic mass is 14.7. The lowest BCUT2D eigenvalue weighted by Gasteiger charge is -1.98.